The lowest BCUT2D eigenvalue weighted by atomic mass is 10.0. The topological polar surface area (TPSA) is 72.1 Å². The molecule has 2 unspecified atom stereocenters. The minimum atomic E-state index is 0.0171. The van der Waals surface area contributed by atoms with Gasteiger partial charge in [-0.25, -0.2) is 9.97 Å². The van der Waals surface area contributed by atoms with Gasteiger partial charge in [0.25, 0.3) is 5.91 Å². The Kier molecular flexibility index (Phi) is 4.25. The van der Waals surface area contributed by atoms with Crippen molar-refractivity contribution in [2.75, 3.05) is 13.1 Å². The van der Waals surface area contributed by atoms with E-state index in [0.29, 0.717) is 24.6 Å². The van der Waals surface area contributed by atoms with Crippen LogP contribution in [0.15, 0.2) is 18.7 Å². The number of aromatic nitrogens is 2. The summed E-state index contributed by atoms with van der Waals surface area (Å²) in [4.78, 5) is 22.2. The van der Waals surface area contributed by atoms with Gasteiger partial charge in [-0.05, 0) is 32.2 Å². The van der Waals surface area contributed by atoms with Crippen LogP contribution in [0.2, 0.25) is 0 Å². The Morgan fingerprint density at radius 2 is 2.17 bits per heavy atom. The molecular formula is C13H20N4O. The van der Waals surface area contributed by atoms with Gasteiger partial charge in [0.1, 0.15) is 6.33 Å². The second-order valence-electron chi connectivity index (χ2n) is 4.71. The maximum absolute atomic E-state index is 12.4. The lowest BCUT2D eigenvalue weighted by Crippen LogP contribution is -2.44. The summed E-state index contributed by atoms with van der Waals surface area (Å²) in [5.74, 6) is 0.446. The van der Waals surface area contributed by atoms with E-state index in [-0.39, 0.29) is 11.9 Å². The number of nitrogens with zero attached hydrogens (tertiary/aromatic N) is 3. The highest BCUT2D eigenvalue weighted by Crippen LogP contribution is 2.29. The third kappa shape index (κ3) is 2.51. The molecule has 0 spiro atoms. The van der Waals surface area contributed by atoms with Crippen molar-refractivity contribution in [1.29, 1.82) is 0 Å². The SMILES string of the molecule is CCN(C(=O)c1cncnc1)C1CCCC1CN. The molecule has 0 bridgehead atoms. The largest absolute Gasteiger partial charge is 0.336 e. The summed E-state index contributed by atoms with van der Waals surface area (Å²) in [7, 11) is 0. The monoisotopic (exact) mass is 248 g/mol. The summed E-state index contributed by atoms with van der Waals surface area (Å²) in [5, 5.41) is 0. The van der Waals surface area contributed by atoms with Gasteiger partial charge in [0.15, 0.2) is 0 Å². The van der Waals surface area contributed by atoms with Gasteiger partial charge in [-0.15, -0.1) is 0 Å². The molecule has 1 heterocycles. The number of rotatable bonds is 4. The molecule has 1 saturated carbocycles. The average Bonchev–Trinajstić information content (AvgIpc) is 2.89. The Labute approximate surface area is 107 Å². The number of amides is 1. The van der Waals surface area contributed by atoms with E-state index in [1.807, 2.05) is 11.8 Å². The fraction of sp³-hybridized carbons (Fsp3) is 0.615. The van der Waals surface area contributed by atoms with Crippen molar-refractivity contribution in [2.45, 2.75) is 32.2 Å². The fourth-order valence-corrected chi connectivity index (χ4v) is 2.81. The highest BCUT2D eigenvalue weighted by atomic mass is 16.2. The number of carbonyl (C=O) groups is 1. The molecule has 0 saturated heterocycles. The molecule has 5 nitrogen and oxygen atoms in total. The fourth-order valence-electron chi connectivity index (χ4n) is 2.81. The zero-order valence-electron chi connectivity index (χ0n) is 10.7. The highest BCUT2D eigenvalue weighted by Gasteiger charge is 2.33. The van der Waals surface area contributed by atoms with Gasteiger partial charge in [0.05, 0.1) is 5.56 Å². The molecule has 1 amide bonds. The first-order chi connectivity index (χ1) is 8.77. The molecule has 2 rings (SSSR count). The Hall–Kier alpha value is -1.49. The lowest BCUT2D eigenvalue weighted by Gasteiger charge is -2.31. The summed E-state index contributed by atoms with van der Waals surface area (Å²) in [5.41, 5.74) is 6.35. The molecule has 98 valence electrons. The van der Waals surface area contributed by atoms with E-state index in [4.69, 9.17) is 5.73 Å². The Morgan fingerprint density at radius 1 is 1.44 bits per heavy atom. The van der Waals surface area contributed by atoms with Gasteiger partial charge in [0, 0.05) is 25.0 Å². The van der Waals surface area contributed by atoms with Crippen LogP contribution in [-0.4, -0.2) is 39.9 Å². The van der Waals surface area contributed by atoms with Crippen molar-refractivity contribution in [3.63, 3.8) is 0 Å². The lowest BCUT2D eigenvalue weighted by molar-refractivity contribution is 0.0651. The van der Waals surface area contributed by atoms with Crippen molar-refractivity contribution in [1.82, 2.24) is 14.9 Å². The molecule has 1 fully saturated rings. The van der Waals surface area contributed by atoms with Crippen LogP contribution in [0, 0.1) is 5.92 Å². The van der Waals surface area contributed by atoms with Gasteiger partial charge in [-0.1, -0.05) is 6.42 Å². The van der Waals surface area contributed by atoms with Gasteiger partial charge in [-0.3, -0.25) is 4.79 Å². The summed E-state index contributed by atoms with van der Waals surface area (Å²) >= 11 is 0. The first kappa shape index (κ1) is 13.0. The molecule has 1 aromatic rings. The molecule has 1 aliphatic rings. The molecule has 0 radical (unpaired) electrons. The minimum Gasteiger partial charge on any atom is -0.336 e. The first-order valence-corrected chi connectivity index (χ1v) is 6.54. The molecule has 2 atom stereocenters. The molecule has 1 aliphatic carbocycles. The van der Waals surface area contributed by atoms with E-state index in [9.17, 15) is 4.79 Å². The summed E-state index contributed by atoms with van der Waals surface area (Å²) in [6.45, 7) is 3.36. The summed E-state index contributed by atoms with van der Waals surface area (Å²) < 4.78 is 0. The van der Waals surface area contributed by atoms with Crippen LogP contribution in [0.5, 0.6) is 0 Å². The zero-order chi connectivity index (χ0) is 13.0. The quantitative estimate of drug-likeness (QED) is 0.865. The van der Waals surface area contributed by atoms with Gasteiger partial charge in [0.2, 0.25) is 0 Å². The summed E-state index contributed by atoms with van der Waals surface area (Å²) in [6.07, 6.45) is 7.91. The Morgan fingerprint density at radius 3 is 2.78 bits per heavy atom. The molecule has 18 heavy (non-hydrogen) atoms. The third-order valence-electron chi connectivity index (χ3n) is 3.73. The van der Waals surface area contributed by atoms with E-state index in [0.717, 1.165) is 19.3 Å². The molecule has 0 aromatic carbocycles. The van der Waals surface area contributed by atoms with Crippen LogP contribution in [0.3, 0.4) is 0 Å². The third-order valence-corrected chi connectivity index (χ3v) is 3.73. The maximum Gasteiger partial charge on any atom is 0.257 e. The molecule has 1 aromatic heterocycles. The van der Waals surface area contributed by atoms with Crippen molar-refractivity contribution in [2.24, 2.45) is 11.7 Å². The Balaban J connectivity index is 2.16. The number of hydrogen-bond donors (Lipinski definition) is 1. The number of carbonyl (C=O) groups excluding carboxylic acids is 1. The smallest absolute Gasteiger partial charge is 0.257 e. The standard InChI is InChI=1S/C13H20N4O/c1-2-17(12-5-3-4-10(12)6-14)13(18)11-7-15-9-16-8-11/h7-10,12H,2-6,14H2,1H3. The molecule has 5 heteroatoms. The summed E-state index contributed by atoms with van der Waals surface area (Å²) in [6, 6.07) is 0.271. The van der Waals surface area contributed by atoms with Crippen molar-refractivity contribution < 1.29 is 4.79 Å². The zero-order valence-corrected chi connectivity index (χ0v) is 10.7. The highest BCUT2D eigenvalue weighted by molar-refractivity contribution is 5.93. The van der Waals surface area contributed by atoms with Gasteiger partial charge >= 0.3 is 0 Å². The molecule has 2 N–H and O–H groups in total. The second-order valence-corrected chi connectivity index (χ2v) is 4.71. The predicted octanol–water partition coefficient (Wildman–Crippen LogP) is 1.07. The van der Waals surface area contributed by atoms with Crippen LogP contribution in [0.4, 0.5) is 0 Å². The maximum atomic E-state index is 12.4. The predicted molar refractivity (Wildman–Crippen MR) is 68.9 cm³/mol. The van der Waals surface area contributed by atoms with E-state index in [1.54, 1.807) is 12.4 Å². The number of hydrogen-bond acceptors (Lipinski definition) is 4. The minimum absolute atomic E-state index is 0.0171. The van der Waals surface area contributed by atoms with E-state index < -0.39 is 0 Å². The normalized spacial score (nSPS) is 23.0. The van der Waals surface area contributed by atoms with Crippen LogP contribution >= 0.6 is 0 Å². The second kappa shape index (κ2) is 5.91. The average molecular weight is 248 g/mol. The van der Waals surface area contributed by atoms with Crippen LogP contribution in [-0.2, 0) is 0 Å². The molecular weight excluding hydrogens is 228 g/mol. The molecule has 0 aliphatic heterocycles. The Bertz CT molecular complexity index is 395. The van der Waals surface area contributed by atoms with Crippen molar-refractivity contribution >= 4 is 5.91 Å². The van der Waals surface area contributed by atoms with Crippen LogP contribution < -0.4 is 5.73 Å². The first-order valence-electron chi connectivity index (χ1n) is 6.54. The van der Waals surface area contributed by atoms with Gasteiger partial charge < -0.3 is 10.6 Å². The van der Waals surface area contributed by atoms with E-state index >= 15 is 0 Å². The van der Waals surface area contributed by atoms with Crippen LogP contribution in [0.1, 0.15) is 36.5 Å². The van der Waals surface area contributed by atoms with E-state index in [1.165, 1.54) is 6.33 Å². The van der Waals surface area contributed by atoms with Crippen molar-refractivity contribution in [3.8, 4) is 0 Å². The van der Waals surface area contributed by atoms with E-state index in [2.05, 4.69) is 9.97 Å². The van der Waals surface area contributed by atoms with Gasteiger partial charge in [-0.2, -0.15) is 0 Å². The number of nitrogens with two attached hydrogens (primary N) is 1. The van der Waals surface area contributed by atoms with Crippen LogP contribution in [0.25, 0.3) is 0 Å². The van der Waals surface area contributed by atoms with Crippen molar-refractivity contribution in [3.05, 3.63) is 24.3 Å².